The molecule has 0 unspecified atom stereocenters. The van der Waals surface area contributed by atoms with Crippen LogP contribution >= 0.6 is 12.6 Å². The van der Waals surface area contributed by atoms with E-state index in [2.05, 4.69) is 12.6 Å². The average Bonchev–Trinajstić information content (AvgIpc) is 2.30. The molecule has 3 heteroatoms. The summed E-state index contributed by atoms with van der Waals surface area (Å²) in [6, 6.07) is 15.2. The molecule has 0 saturated heterocycles. The highest BCUT2D eigenvalue weighted by molar-refractivity contribution is 7.80. The van der Waals surface area contributed by atoms with Crippen LogP contribution in [-0.2, 0) is 0 Å². The van der Waals surface area contributed by atoms with Gasteiger partial charge >= 0.3 is 0 Å². The van der Waals surface area contributed by atoms with Gasteiger partial charge in [-0.15, -0.1) is 12.6 Å². The van der Waals surface area contributed by atoms with E-state index in [1.165, 1.54) is 0 Å². The second-order valence-corrected chi connectivity index (χ2v) is 3.88. The van der Waals surface area contributed by atoms with Gasteiger partial charge in [-0.1, -0.05) is 42.5 Å². The Kier molecular flexibility index (Phi) is 2.97. The lowest BCUT2D eigenvalue weighted by Crippen LogP contribution is -2.12. The predicted octanol–water partition coefficient (Wildman–Crippen LogP) is 2.74. The summed E-state index contributed by atoms with van der Waals surface area (Å²) in [5.74, 6) is -0.456. The van der Waals surface area contributed by atoms with Crippen molar-refractivity contribution in [3.63, 3.8) is 0 Å². The Morgan fingerprint density at radius 3 is 2.31 bits per heavy atom. The van der Waals surface area contributed by atoms with Crippen LogP contribution in [0.4, 0.5) is 0 Å². The van der Waals surface area contributed by atoms with Crippen molar-refractivity contribution < 1.29 is 4.79 Å². The van der Waals surface area contributed by atoms with Crippen LogP contribution < -0.4 is 5.73 Å². The summed E-state index contributed by atoms with van der Waals surface area (Å²) in [5.41, 5.74) is 7.66. The molecule has 0 aliphatic heterocycles. The van der Waals surface area contributed by atoms with Crippen LogP contribution in [0.5, 0.6) is 0 Å². The molecule has 0 aromatic heterocycles. The fraction of sp³-hybridized carbons (Fsp3) is 0. The first-order chi connectivity index (χ1) is 7.70. The van der Waals surface area contributed by atoms with Crippen molar-refractivity contribution in [3.8, 4) is 11.1 Å². The fourth-order valence-electron chi connectivity index (χ4n) is 1.59. The van der Waals surface area contributed by atoms with E-state index in [4.69, 9.17) is 5.73 Å². The standard InChI is InChI=1S/C13H11NOS/c14-13(15)11-8-4-7-10(12(11)16)9-5-2-1-3-6-9/h1-8,16H,(H2,14,15). The predicted molar refractivity (Wildman–Crippen MR) is 67.6 cm³/mol. The number of carbonyl (C=O) groups excluding carboxylic acids is 1. The molecule has 0 heterocycles. The minimum absolute atomic E-state index is 0.449. The molecule has 2 aromatic carbocycles. The average molecular weight is 229 g/mol. The molecule has 0 fully saturated rings. The van der Waals surface area contributed by atoms with E-state index >= 15 is 0 Å². The van der Waals surface area contributed by atoms with Crippen LogP contribution in [0.2, 0.25) is 0 Å². The molecule has 2 aromatic rings. The van der Waals surface area contributed by atoms with E-state index in [9.17, 15) is 4.79 Å². The topological polar surface area (TPSA) is 43.1 Å². The molecule has 0 bridgehead atoms. The monoisotopic (exact) mass is 229 g/mol. The SMILES string of the molecule is NC(=O)c1cccc(-c2ccccc2)c1S. The minimum atomic E-state index is -0.456. The lowest BCUT2D eigenvalue weighted by atomic mass is 10.0. The van der Waals surface area contributed by atoms with E-state index in [-0.39, 0.29) is 0 Å². The largest absolute Gasteiger partial charge is 0.366 e. The zero-order chi connectivity index (χ0) is 11.5. The summed E-state index contributed by atoms with van der Waals surface area (Å²) in [7, 11) is 0. The van der Waals surface area contributed by atoms with Gasteiger partial charge in [-0.05, 0) is 17.2 Å². The van der Waals surface area contributed by atoms with Gasteiger partial charge in [0.1, 0.15) is 0 Å². The van der Waals surface area contributed by atoms with Gasteiger partial charge in [-0.2, -0.15) is 0 Å². The van der Waals surface area contributed by atoms with Gasteiger partial charge in [0.15, 0.2) is 0 Å². The molecule has 2 N–H and O–H groups in total. The Bertz CT molecular complexity index is 523. The lowest BCUT2D eigenvalue weighted by Gasteiger charge is -2.08. The second-order valence-electron chi connectivity index (χ2n) is 3.43. The number of rotatable bonds is 2. The molecular weight excluding hydrogens is 218 g/mol. The van der Waals surface area contributed by atoms with E-state index < -0.39 is 5.91 Å². The Balaban J connectivity index is 2.59. The first kappa shape index (κ1) is 10.8. The number of primary amides is 1. The van der Waals surface area contributed by atoms with Crippen molar-refractivity contribution in [2.45, 2.75) is 4.90 Å². The number of nitrogens with two attached hydrogens (primary N) is 1. The molecular formula is C13H11NOS. The van der Waals surface area contributed by atoms with Crippen LogP contribution in [0.1, 0.15) is 10.4 Å². The van der Waals surface area contributed by atoms with Crippen LogP contribution in [0.3, 0.4) is 0 Å². The lowest BCUT2D eigenvalue weighted by molar-refractivity contribution is 0.0997. The third-order valence-electron chi connectivity index (χ3n) is 2.39. The summed E-state index contributed by atoms with van der Waals surface area (Å²) < 4.78 is 0. The fourth-order valence-corrected chi connectivity index (χ4v) is 1.98. The maximum Gasteiger partial charge on any atom is 0.249 e. The first-order valence-corrected chi connectivity index (χ1v) is 5.32. The van der Waals surface area contributed by atoms with Crippen molar-refractivity contribution in [1.82, 2.24) is 0 Å². The highest BCUT2D eigenvalue weighted by Gasteiger charge is 2.09. The van der Waals surface area contributed by atoms with Gasteiger partial charge in [-0.25, -0.2) is 0 Å². The van der Waals surface area contributed by atoms with E-state index in [0.717, 1.165) is 11.1 Å². The summed E-state index contributed by atoms with van der Waals surface area (Å²) in [6.45, 7) is 0. The van der Waals surface area contributed by atoms with Gasteiger partial charge in [0.25, 0.3) is 0 Å². The zero-order valence-corrected chi connectivity index (χ0v) is 9.45. The van der Waals surface area contributed by atoms with Crippen molar-refractivity contribution in [2.75, 3.05) is 0 Å². The maximum absolute atomic E-state index is 11.2. The third-order valence-corrected chi connectivity index (χ3v) is 2.87. The van der Waals surface area contributed by atoms with Gasteiger partial charge in [0.05, 0.1) is 5.56 Å². The third kappa shape index (κ3) is 1.95. The summed E-state index contributed by atoms with van der Waals surface area (Å²) in [4.78, 5) is 11.8. The summed E-state index contributed by atoms with van der Waals surface area (Å²) >= 11 is 4.36. The molecule has 0 aliphatic rings. The Labute approximate surface area is 99.5 Å². The van der Waals surface area contributed by atoms with Crippen molar-refractivity contribution in [1.29, 1.82) is 0 Å². The highest BCUT2D eigenvalue weighted by atomic mass is 32.1. The van der Waals surface area contributed by atoms with Gasteiger partial charge in [-0.3, -0.25) is 4.79 Å². The second kappa shape index (κ2) is 4.41. The molecule has 0 radical (unpaired) electrons. The van der Waals surface area contributed by atoms with Crippen LogP contribution in [0.15, 0.2) is 53.4 Å². The Morgan fingerprint density at radius 1 is 1.00 bits per heavy atom. The van der Waals surface area contributed by atoms with Crippen LogP contribution in [0.25, 0.3) is 11.1 Å². The quantitative estimate of drug-likeness (QED) is 0.764. The highest BCUT2D eigenvalue weighted by Crippen LogP contribution is 2.28. The van der Waals surface area contributed by atoms with E-state index in [1.54, 1.807) is 6.07 Å². The number of hydrogen-bond acceptors (Lipinski definition) is 2. The van der Waals surface area contributed by atoms with E-state index in [0.29, 0.717) is 10.5 Å². The molecule has 2 rings (SSSR count). The number of hydrogen-bond donors (Lipinski definition) is 2. The first-order valence-electron chi connectivity index (χ1n) is 4.87. The minimum Gasteiger partial charge on any atom is -0.366 e. The van der Waals surface area contributed by atoms with E-state index in [1.807, 2.05) is 42.5 Å². The molecule has 0 atom stereocenters. The summed E-state index contributed by atoms with van der Waals surface area (Å²) in [5, 5.41) is 0. The van der Waals surface area contributed by atoms with Crippen molar-refractivity contribution in [3.05, 3.63) is 54.1 Å². The zero-order valence-electron chi connectivity index (χ0n) is 8.55. The number of benzene rings is 2. The molecule has 2 nitrogen and oxygen atoms in total. The molecule has 16 heavy (non-hydrogen) atoms. The maximum atomic E-state index is 11.2. The summed E-state index contributed by atoms with van der Waals surface area (Å²) in [6.07, 6.45) is 0. The van der Waals surface area contributed by atoms with Crippen LogP contribution in [0, 0.1) is 0 Å². The molecule has 0 aliphatic carbocycles. The molecule has 0 spiro atoms. The molecule has 0 saturated carbocycles. The smallest absolute Gasteiger partial charge is 0.249 e. The Morgan fingerprint density at radius 2 is 1.69 bits per heavy atom. The molecule has 80 valence electrons. The van der Waals surface area contributed by atoms with Crippen LogP contribution in [-0.4, -0.2) is 5.91 Å². The van der Waals surface area contributed by atoms with Gasteiger partial charge in [0, 0.05) is 4.90 Å². The Hall–Kier alpha value is -1.74. The normalized spacial score (nSPS) is 10.1. The van der Waals surface area contributed by atoms with Gasteiger partial charge in [0.2, 0.25) is 5.91 Å². The van der Waals surface area contributed by atoms with Gasteiger partial charge < -0.3 is 5.73 Å². The number of carbonyl (C=O) groups is 1. The molecule has 1 amide bonds. The van der Waals surface area contributed by atoms with Crippen molar-refractivity contribution in [2.24, 2.45) is 5.73 Å². The number of thiol groups is 1. The number of amides is 1. The van der Waals surface area contributed by atoms with Crippen molar-refractivity contribution >= 4 is 18.5 Å².